The number of hydrogen-bond acceptors (Lipinski definition) is 4. The van der Waals surface area contributed by atoms with E-state index in [4.69, 9.17) is 4.74 Å². The van der Waals surface area contributed by atoms with Crippen LogP contribution < -0.4 is 4.74 Å². The average molecular weight is 260 g/mol. The Morgan fingerprint density at radius 3 is 2.68 bits per heavy atom. The van der Waals surface area contributed by atoms with Gasteiger partial charge in [-0.15, -0.1) is 0 Å². The topological polar surface area (TPSA) is 59.0 Å². The molecule has 5 nitrogen and oxygen atoms in total. The van der Waals surface area contributed by atoms with Crippen LogP contribution in [0, 0.1) is 13.8 Å². The van der Waals surface area contributed by atoms with Crippen molar-refractivity contribution in [2.45, 2.75) is 26.7 Å². The molecule has 2 rings (SSSR count). The van der Waals surface area contributed by atoms with Crippen LogP contribution in [-0.2, 0) is 9.59 Å². The van der Waals surface area contributed by atoms with E-state index in [2.05, 4.69) is 5.10 Å². The van der Waals surface area contributed by atoms with E-state index in [1.807, 2.05) is 26.0 Å². The van der Waals surface area contributed by atoms with Gasteiger partial charge in [0.2, 0.25) is 5.91 Å². The van der Waals surface area contributed by atoms with Gasteiger partial charge in [0.25, 0.3) is 0 Å². The first-order valence-corrected chi connectivity index (χ1v) is 6.11. The third kappa shape index (κ3) is 2.99. The molecule has 0 atom stereocenters. The highest BCUT2D eigenvalue weighted by atomic mass is 16.5. The van der Waals surface area contributed by atoms with Crippen LogP contribution in [0.2, 0.25) is 0 Å². The standard InChI is InChI=1S/C14H16N2O3/c1-9-4-6-12(10(2)8-9)19-14(18)11-5-7-13(17)16(3)15-11/h4,6,8H,5,7H2,1-3H3. The summed E-state index contributed by atoms with van der Waals surface area (Å²) in [5.74, 6) is -0.0628. The van der Waals surface area contributed by atoms with Crippen molar-refractivity contribution in [1.29, 1.82) is 0 Å². The molecule has 0 saturated heterocycles. The van der Waals surface area contributed by atoms with E-state index in [1.54, 1.807) is 6.07 Å². The monoisotopic (exact) mass is 260 g/mol. The molecule has 0 saturated carbocycles. The fourth-order valence-corrected chi connectivity index (χ4v) is 1.89. The number of amides is 1. The molecule has 1 aliphatic heterocycles. The number of hydrogen-bond donors (Lipinski definition) is 0. The van der Waals surface area contributed by atoms with Gasteiger partial charge in [0.05, 0.1) is 0 Å². The van der Waals surface area contributed by atoms with Crippen molar-refractivity contribution in [1.82, 2.24) is 5.01 Å². The second-order valence-electron chi connectivity index (χ2n) is 4.62. The van der Waals surface area contributed by atoms with Crippen molar-refractivity contribution in [3.05, 3.63) is 29.3 Å². The molecule has 0 aromatic heterocycles. The lowest BCUT2D eigenvalue weighted by atomic mass is 10.1. The Kier molecular flexibility index (Phi) is 3.64. The van der Waals surface area contributed by atoms with Crippen molar-refractivity contribution in [2.24, 2.45) is 5.10 Å². The number of nitrogens with zero attached hydrogens (tertiary/aromatic N) is 2. The van der Waals surface area contributed by atoms with Crippen molar-refractivity contribution >= 4 is 17.6 Å². The van der Waals surface area contributed by atoms with Crippen molar-refractivity contribution < 1.29 is 14.3 Å². The molecule has 1 aliphatic rings. The van der Waals surface area contributed by atoms with Crippen LogP contribution in [-0.4, -0.2) is 29.6 Å². The summed E-state index contributed by atoms with van der Waals surface area (Å²) in [6.45, 7) is 3.86. The van der Waals surface area contributed by atoms with Gasteiger partial charge in [-0.2, -0.15) is 5.10 Å². The summed E-state index contributed by atoms with van der Waals surface area (Å²) in [6.07, 6.45) is 0.615. The minimum atomic E-state index is -0.494. The SMILES string of the molecule is Cc1ccc(OC(=O)C2=NN(C)C(=O)CC2)c(C)c1. The van der Waals surface area contributed by atoms with Gasteiger partial charge in [-0.3, -0.25) is 4.79 Å². The molecule has 0 unspecified atom stereocenters. The summed E-state index contributed by atoms with van der Waals surface area (Å²) >= 11 is 0. The van der Waals surface area contributed by atoms with Crippen LogP contribution in [0.5, 0.6) is 5.75 Å². The van der Waals surface area contributed by atoms with Crippen LogP contribution >= 0.6 is 0 Å². The number of esters is 1. The summed E-state index contributed by atoms with van der Waals surface area (Å²) in [5.41, 5.74) is 2.29. The zero-order valence-corrected chi connectivity index (χ0v) is 11.3. The van der Waals surface area contributed by atoms with E-state index in [-0.39, 0.29) is 18.0 Å². The maximum atomic E-state index is 12.0. The smallest absolute Gasteiger partial charge is 0.359 e. The molecule has 0 spiro atoms. The Bertz CT molecular complexity index is 564. The number of benzene rings is 1. The first-order chi connectivity index (χ1) is 8.97. The summed E-state index contributed by atoms with van der Waals surface area (Å²) in [6, 6.07) is 5.59. The van der Waals surface area contributed by atoms with E-state index >= 15 is 0 Å². The lowest BCUT2D eigenvalue weighted by molar-refractivity contribution is -0.131. The number of carbonyl (C=O) groups excluding carboxylic acids is 2. The van der Waals surface area contributed by atoms with Gasteiger partial charge in [0.1, 0.15) is 11.5 Å². The number of hydrazone groups is 1. The predicted octanol–water partition coefficient (Wildman–Crippen LogP) is 1.82. The Hall–Kier alpha value is -2.17. The Balaban J connectivity index is 2.13. The van der Waals surface area contributed by atoms with Gasteiger partial charge in [0.15, 0.2) is 0 Å². The van der Waals surface area contributed by atoms with Crippen LogP contribution in [0.4, 0.5) is 0 Å². The van der Waals surface area contributed by atoms with Crippen LogP contribution in [0.25, 0.3) is 0 Å². The summed E-state index contributed by atoms with van der Waals surface area (Å²) < 4.78 is 5.32. The first kappa shape index (κ1) is 13.3. The minimum Gasteiger partial charge on any atom is -0.422 e. The lowest BCUT2D eigenvalue weighted by Gasteiger charge is -2.18. The molecule has 100 valence electrons. The van der Waals surface area contributed by atoms with E-state index in [1.165, 1.54) is 12.1 Å². The Morgan fingerprint density at radius 1 is 1.32 bits per heavy atom. The van der Waals surface area contributed by atoms with Gasteiger partial charge >= 0.3 is 5.97 Å². The molecule has 1 aromatic rings. The average Bonchev–Trinajstić information content (AvgIpc) is 2.36. The van der Waals surface area contributed by atoms with Crippen molar-refractivity contribution in [3.63, 3.8) is 0 Å². The van der Waals surface area contributed by atoms with Gasteiger partial charge in [-0.25, -0.2) is 9.80 Å². The molecule has 5 heteroatoms. The highest BCUT2D eigenvalue weighted by Gasteiger charge is 2.23. The zero-order valence-electron chi connectivity index (χ0n) is 11.3. The van der Waals surface area contributed by atoms with Crippen LogP contribution in [0.1, 0.15) is 24.0 Å². The molecular formula is C14H16N2O3. The number of ether oxygens (including phenoxy) is 1. The zero-order chi connectivity index (χ0) is 14.0. The molecule has 0 aliphatic carbocycles. The molecule has 0 radical (unpaired) electrons. The molecular weight excluding hydrogens is 244 g/mol. The molecule has 0 fully saturated rings. The molecule has 19 heavy (non-hydrogen) atoms. The largest absolute Gasteiger partial charge is 0.422 e. The Morgan fingerprint density at radius 2 is 2.05 bits per heavy atom. The number of rotatable bonds is 2. The normalized spacial score (nSPS) is 15.2. The second kappa shape index (κ2) is 5.22. The molecule has 0 bridgehead atoms. The maximum absolute atomic E-state index is 12.0. The van der Waals surface area contributed by atoms with E-state index < -0.39 is 5.97 Å². The third-order valence-electron chi connectivity index (χ3n) is 2.98. The molecule has 0 N–H and O–H groups in total. The molecule has 1 amide bonds. The van der Waals surface area contributed by atoms with Gasteiger partial charge in [0, 0.05) is 19.9 Å². The van der Waals surface area contributed by atoms with Crippen LogP contribution in [0.15, 0.2) is 23.3 Å². The van der Waals surface area contributed by atoms with Crippen LogP contribution in [0.3, 0.4) is 0 Å². The number of carbonyl (C=O) groups is 2. The fourth-order valence-electron chi connectivity index (χ4n) is 1.89. The van der Waals surface area contributed by atoms with Gasteiger partial charge < -0.3 is 4.74 Å². The summed E-state index contributed by atoms with van der Waals surface area (Å²) in [7, 11) is 1.53. The highest BCUT2D eigenvalue weighted by Crippen LogP contribution is 2.19. The minimum absolute atomic E-state index is 0.0944. The second-order valence-corrected chi connectivity index (χ2v) is 4.62. The van der Waals surface area contributed by atoms with E-state index in [0.29, 0.717) is 12.2 Å². The number of aryl methyl sites for hydroxylation is 2. The lowest BCUT2D eigenvalue weighted by Crippen LogP contribution is -2.33. The van der Waals surface area contributed by atoms with Gasteiger partial charge in [-0.1, -0.05) is 17.7 Å². The van der Waals surface area contributed by atoms with E-state index in [0.717, 1.165) is 11.1 Å². The third-order valence-corrected chi connectivity index (χ3v) is 2.98. The highest BCUT2D eigenvalue weighted by molar-refractivity contribution is 6.37. The van der Waals surface area contributed by atoms with E-state index in [9.17, 15) is 9.59 Å². The van der Waals surface area contributed by atoms with Crippen molar-refractivity contribution in [2.75, 3.05) is 7.05 Å². The molecule has 1 heterocycles. The Labute approximate surface area is 111 Å². The van der Waals surface area contributed by atoms with Gasteiger partial charge in [-0.05, 0) is 25.5 Å². The fraction of sp³-hybridized carbons (Fsp3) is 0.357. The first-order valence-electron chi connectivity index (χ1n) is 6.11. The molecule has 1 aromatic carbocycles. The van der Waals surface area contributed by atoms with Crippen molar-refractivity contribution in [3.8, 4) is 5.75 Å². The predicted molar refractivity (Wildman–Crippen MR) is 71.0 cm³/mol. The maximum Gasteiger partial charge on any atom is 0.359 e. The quantitative estimate of drug-likeness (QED) is 0.602. The summed E-state index contributed by atoms with van der Waals surface area (Å²) in [5, 5.41) is 5.12. The summed E-state index contributed by atoms with van der Waals surface area (Å²) in [4.78, 5) is 23.2.